The van der Waals surface area contributed by atoms with E-state index in [0.29, 0.717) is 5.82 Å². The topological polar surface area (TPSA) is 28.7 Å². The molecule has 0 saturated carbocycles. The molecule has 2 rings (SSSR count). The van der Waals surface area contributed by atoms with Crippen molar-refractivity contribution in [2.75, 3.05) is 0 Å². The van der Waals surface area contributed by atoms with Gasteiger partial charge in [0.2, 0.25) is 5.82 Å². The van der Waals surface area contributed by atoms with Crippen molar-refractivity contribution < 1.29 is 22.0 Å². The number of benzene rings is 1. The van der Waals surface area contributed by atoms with E-state index in [2.05, 4.69) is 25.9 Å². The van der Waals surface area contributed by atoms with Crippen LogP contribution in [0.1, 0.15) is 16.2 Å². The second-order valence-corrected chi connectivity index (χ2v) is 4.80. The van der Waals surface area contributed by atoms with Gasteiger partial charge in [-0.3, -0.25) is 0 Å². The normalized spacial score (nSPS) is 12.7. The van der Waals surface area contributed by atoms with Gasteiger partial charge in [-0.25, -0.2) is 26.9 Å². The van der Waals surface area contributed by atoms with Crippen molar-refractivity contribution in [2.24, 2.45) is 0 Å². The van der Waals surface area contributed by atoms with Gasteiger partial charge in [0.1, 0.15) is 5.82 Å². The molecule has 2 aromatic rings. The maximum absolute atomic E-state index is 13.5. The number of halogens is 6. The number of aromatic amines is 1. The van der Waals surface area contributed by atoms with Gasteiger partial charge in [0.25, 0.3) is 0 Å². The van der Waals surface area contributed by atoms with Crippen LogP contribution in [0, 0.1) is 29.1 Å². The zero-order valence-corrected chi connectivity index (χ0v) is 10.7. The molecule has 1 aromatic heterocycles. The second-order valence-electron chi connectivity index (χ2n) is 3.69. The Morgan fingerprint density at radius 2 is 1.53 bits per heavy atom. The van der Waals surface area contributed by atoms with E-state index in [9.17, 15) is 22.0 Å². The van der Waals surface area contributed by atoms with Crippen LogP contribution in [0.25, 0.3) is 0 Å². The number of alkyl halides is 1. The standard InChI is InChI=1S/C11H6BrF5N2/c12-4(3-5-18-1-2-19-5)6-7(13)9(15)11(17)10(16)8(6)14/h1-2,4H,3H2,(H,18,19). The minimum absolute atomic E-state index is 0.0502. The quantitative estimate of drug-likeness (QED) is 0.391. The summed E-state index contributed by atoms with van der Waals surface area (Å²) in [6.07, 6.45) is 2.84. The molecule has 1 heterocycles. The number of aromatic nitrogens is 2. The molecule has 1 atom stereocenters. The predicted octanol–water partition coefficient (Wildman–Crippen LogP) is 3.78. The van der Waals surface area contributed by atoms with Crippen molar-refractivity contribution in [1.29, 1.82) is 0 Å². The fourth-order valence-corrected chi connectivity index (χ4v) is 2.29. The van der Waals surface area contributed by atoms with Gasteiger partial charge in [-0.2, -0.15) is 0 Å². The molecule has 0 aliphatic heterocycles. The third-order valence-electron chi connectivity index (χ3n) is 2.48. The molecule has 1 aromatic carbocycles. The summed E-state index contributed by atoms with van der Waals surface area (Å²) in [5, 5.41) is 0. The highest BCUT2D eigenvalue weighted by molar-refractivity contribution is 9.09. The van der Waals surface area contributed by atoms with Crippen molar-refractivity contribution in [3.63, 3.8) is 0 Å². The molecule has 2 nitrogen and oxygen atoms in total. The van der Waals surface area contributed by atoms with Crippen LogP contribution in [0.4, 0.5) is 22.0 Å². The lowest BCUT2D eigenvalue weighted by atomic mass is 10.1. The summed E-state index contributed by atoms with van der Waals surface area (Å²) in [5.41, 5.74) is -0.909. The summed E-state index contributed by atoms with van der Waals surface area (Å²) in [6.45, 7) is 0. The minimum Gasteiger partial charge on any atom is -0.349 e. The van der Waals surface area contributed by atoms with Gasteiger partial charge >= 0.3 is 0 Å². The summed E-state index contributed by atoms with van der Waals surface area (Å²) >= 11 is 2.91. The van der Waals surface area contributed by atoms with Crippen LogP contribution in [0.2, 0.25) is 0 Å². The number of H-pyrrole nitrogens is 1. The first kappa shape index (κ1) is 14.0. The highest BCUT2D eigenvalue weighted by Crippen LogP contribution is 2.34. The maximum atomic E-state index is 13.5. The molecule has 0 spiro atoms. The van der Waals surface area contributed by atoms with Crippen LogP contribution in [0.5, 0.6) is 0 Å². The Labute approximate surface area is 112 Å². The molecular weight excluding hydrogens is 335 g/mol. The third kappa shape index (κ3) is 2.49. The lowest BCUT2D eigenvalue weighted by molar-refractivity contribution is 0.369. The Bertz CT molecular complexity index is 571. The van der Waals surface area contributed by atoms with E-state index in [1.54, 1.807) is 0 Å². The van der Waals surface area contributed by atoms with Gasteiger partial charge in [-0.1, -0.05) is 15.9 Å². The van der Waals surface area contributed by atoms with Gasteiger partial charge in [0.05, 0.1) is 4.83 Å². The Kier molecular flexibility index (Phi) is 3.88. The fraction of sp³-hybridized carbons (Fsp3) is 0.182. The molecule has 0 bridgehead atoms. The molecule has 0 amide bonds. The Morgan fingerprint density at radius 1 is 1.00 bits per heavy atom. The monoisotopic (exact) mass is 340 g/mol. The third-order valence-corrected chi connectivity index (χ3v) is 3.27. The van der Waals surface area contributed by atoms with Crippen LogP contribution in [-0.4, -0.2) is 9.97 Å². The number of rotatable bonds is 3. The Hall–Kier alpha value is -1.44. The van der Waals surface area contributed by atoms with Gasteiger partial charge in [-0.05, 0) is 0 Å². The first-order valence-corrected chi connectivity index (χ1v) is 5.98. The molecule has 0 aliphatic rings. The van der Waals surface area contributed by atoms with Crippen LogP contribution in [0.15, 0.2) is 12.4 Å². The summed E-state index contributed by atoms with van der Waals surface area (Å²) < 4.78 is 66.0. The Morgan fingerprint density at radius 3 is 2.00 bits per heavy atom. The number of hydrogen-bond donors (Lipinski definition) is 1. The van der Waals surface area contributed by atoms with Crippen molar-refractivity contribution in [2.45, 2.75) is 11.2 Å². The average Bonchev–Trinajstić information content (AvgIpc) is 2.87. The van der Waals surface area contributed by atoms with Crippen LogP contribution < -0.4 is 0 Å². The van der Waals surface area contributed by atoms with Gasteiger partial charge in [0, 0.05) is 24.4 Å². The van der Waals surface area contributed by atoms with Gasteiger partial charge in [-0.15, -0.1) is 0 Å². The summed E-state index contributed by atoms with van der Waals surface area (Å²) in [6, 6.07) is 0. The SMILES string of the molecule is Fc1c(F)c(F)c(C(Br)Cc2ncc[nH]2)c(F)c1F. The van der Waals surface area contributed by atoms with E-state index in [1.165, 1.54) is 12.4 Å². The van der Waals surface area contributed by atoms with Crippen molar-refractivity contribution >= 4 is 15.9 Å². The van der Waals surface area contributed by atoms with E-state index >= 15 is 0 Å². The van der Waals surface area contributed by atoms with E-state index in [0.717, 1.165) is 0 Å². The lowest BCUT2D eigenvalue weighted by Gasteiger charge is -2.12. The molecule has 8 heteroatoms. The number of hydrogen-bond acceptors (Lipinski definition) is 1. The lowest BCUT2D eigenvalue weighted by Crippen LogP contribution is -2.10. The highest BCUT2D eigenvalue weighted by atomic mass is 79.9. The van der Waals surface area contributed by atoms with Crippen LogP contribution >= 0.6 is 15.9 Å². The molecule has 1 N–H and O–H groups in total. The minimum atomic E-state index is -2.17. The first-order valence-electron chi connectivity index (χ1n) is 5.07. The molecule has 0 radical (unpaired) electrons. The number of nitrogens with one attached hydrogen (secondary N) is 1. The largest absolute Gasteiger partial charge is 0.349 e. The number of nitrogens with zero attached hydrogens (tertiary/aromatic N) is 1. The summed E-state index contributed by atoms with van der Waals surface area (Å²) in [7, 11) is 0. The van der Waals surface area contributed by atoms with Crippen LogP contribution in [0.3, 0.4) is 0 Å². The van der Waals surface area contributed by atoms with Gasteiger partial charge < -0.3 is 4.98 Å². The van der Waals surface area contributed by atoms with E-state index in [1.807, 2.05) is 0 Å². The van der Waals surface area contributed by atoms with Crippen LogP contribution in [-0.2, 0) is 6.42 Å². The van der Waals surface area contributed by atoms with Crippen molar-refractivity contribution in [3.8, 4) is 0 Å². The molecule has 102 valence electrons. The zero-order chi connectivity index (χ0) is 14.2. The molecule has 1 unspecified atom stereocenters. The maximum Gasteiger partial charge on any atom is 0.200 e. The fourth-order valence-electron chi connectivity index (χ4n) is 1.58. The van der Waals surface area contributed by atoms with Crippen molar-refractivity contribution in [3.05, 3.63) is 52.9 Å². The summed E-state index contributed by atoms with van der Waals surface area (Å²) in [5.74, 6) is -9.42. The highest BCUT2D eigenvalue weighted by Gasteiger charge is 2.29. The van der Waals surface area contributed by atoms with Gasteiger partial charge in [0.15, 0.2) is 23.3 Å². The molecule has 0 saturated heterocycles. The average molecular weight is 341 g/mol. The van der Waals surface area contributed by atoms with Crippen molar-refractivity contribution in [1.82, 2.24) is 9.97 Å². The number of imidazole rings is 1. The molecule has 0 aliphatic carbocycles. The smallest absolute Gasteiger partial charge is 0.200 e. The first-order chi connectivity index (χ1) is 8.93. The molecular formula is C11H6BrF5N2. The summed E-state index contributed by atoms with van der Waals surface area (Å²) in [4.78, 5) is 5.39. The predicted molar refractivity (Wildman–Crippen MR) is 60.2 cm³/mol. The molecule has 19 heavy (non-hydrogen) atoms. The van der Waals surface area contributed by atoms with E-state index in [-0.39, 0.29) is 6.42 Å². The Balaban J connectivity index is 2.44. The second kappa shape index (κ2) is 5.28. The van der Waals surface area contributed by atoms with E-state index < -0.39 is 39.5 Å². The van der Waals surface area contributed by atoms with E-state index in [4.69, 9.17) is 0 Å². The zero-order valence-electron chi connectivity index (χ0n) is 9.15. The molecule has 0 fully saturated rings.